The van der Waals surface area contributed by atoms with Crippen molar-refractivity contribution in [1.29, 1.82) is 0 Å². The van der Waals surface area contributed by atoms with Gasteiger partial charge in [-0.3, -0.25) is 9.59 Å². The number of Topliss-reactive ketones (excluding diaryl/α,β-unsaturated/α-hetero) is 2. The van der Waals surface area contributed by atoms with Crippen molar-refractivity contribution in [2.45, 2.75) is 18.0 Å². The van der Waals surface area contributed by atoms with E-state index in [9.17, 15) is 14.4 Å². The first-order valence-electron chi connectivity index (χ1n) is 11.1. The summed E-state index contributed by atoms with van der Waals surface area (Å²) >= 11 is 3.47. The van der Waals surface area contributed by atoms with E-state index in [-0.39, 0.29) is 11.6 Å². The van der Waals surface area contributed by atoms with Gasteiger partial charge in [-0.2, -0.15) is 0 Å². The number of ether oxygens (including phenoxy) is 1. The second-order valence-corrected chi connectivity index (χ2v) is 9.76. The molecule has 3 aliphatic rings. The average Bonchev–Trinajstić information content (AvgIpc) is 3.31. The summed E-state index contributed by atoms with van der Waals surface area (Å²) in [4.78, 5) is 43.9. The van der Waals surface area contributed by atoms with E-state index in [0.717, 1.165) is 21.3 Å². The number of methoxy groups -OCH3 is 1. The highest BCUT2D eigenvalue weighted by Gasteiger charge is 2.71. The molecule has 0 radical (unpaired) electrons. The summed E-state index contributed by atoms with van der Waals surface area (Å²) in [6.45, 7) is 0. The average molecular weight is 514 g/mol. The summed E-state index contributed by atoms with van der Waals surface area (Å²) in [5, 5.41) is 0. The van der Waals surface area contributed by atoms with Gasteiger partial charge in [-0.1, -0.05) is 82.7 Å². The third-order valence-corrected chi connectivity index (χ3v) is 7.91. The molecule has 1 spiro atoms. The third-order valence-electron chi connectivity index (χ3n) is 7.38. The molecular formula is C28H20BrNO4. The molecule has 0 saturated carbocycles. The number of carbonyl (C=O) groups is 3. The van der Waals surface area contributed by atoms with E-state index >= 15 is 0 Å². The van der Waals surface area contributed by atoms with E-state index < -0.39 is 29.4 Å². The van der Waals surface area contributed by atoms with Gasteiger partial charge in [-0.05, 0) is 29.3 Å². The molecule has 0 amide bonds. The summed E-state index contributed by atoms with van der Waals surface area (Å²) in [5.74, 6) is -1.70. The van der Waals surface area contributed by atoms with E-state index in [4.69, 9.17) is 4.74 Å². The van der Waals surface area contributed by atoms with Gasteiger partial charge in [-0.25, -0.2) is 4.79 Å². The van der Waals surface area contributed by atoms with E-state index in [1.165, 1.54) is 7.11 Å². The standard InChI is InChI=1S/C28H20BrNO4/c1-34-27(33)24-23(17-10-13-18(29)14-11-17)28(25(31)19-7-3-4-8-20(19)26(28)32)22-15-12-16-6-2-5-9-21(16)30(22)24/h2-15,22-24H,1H3/t22-,23+,24-/m1/s1. The van der Waals surface area contributed by atoms with Crippen LogP contribution in [0.2, 0.25) is 0 Å². The molecule has 6 heteroatoms. The van der Waals surface area contributed by atoms with E-state index in [2.05, 4.69) is 15.9 Å². The molecule has 0 unspecified atom stereocenters. The number of fused-ring (bicyclic) bond motifs is 5. The number of nitrogens with zero attached hydrogens (tertiary/aromatic N) is 1. The van der Waals surface area contributed by atoms with Gasteiger partial charge in [0.2, 0.25) is 0 Å². The van der Waals surface area contributed by atoms with Crippen molar-refractivity contribution in [2.24, 2.45) is 5.41 Å². The highest BCUT2D eigenvalue weighted by Crippen LogP contribution is 2.60. The van der Waals surface area contributed by atoms with Crippen molar-refractivity contribution in [3.63, 3.8) is 0 Å². The number of carbonyl (C=O) groups excluding carboxylic acids is 3. The lowest BCUT2D eigenvalue weighted by Gasteiger charge is -2.36. The number of hydrogen-bond acceptors (Lipinski definition) is 5. The number of anilines is 1. The van der Waals surface area contributed by atoms with Crippen LogP contribution in [0.15, 0.2) is 83.3 Å². The maximum Gasteiger partial charge on any atom is 0.329 e. The number of esters is 1. The molecule has 1 saturated heterocycles. The van der Waals surface area contributed by atoms with Gasteiger partial charge in [-0.15, -0.1) is 0 Å². The van der Waals surface area contributed by atoms with Crippen LogP contribution in [0.4, 0.5) is 5.69 Å². The Morgan fingerprint density at radius 1 is 0.912 bits per heavy atom. The monoisotopic (exact) mass is 513 g/mol. The van der Waals surface area contributed by atoms with Crippen LogP contribution in [0.5, 0.6) is 0 Å². The van der Waals surface area contributed by atoms with Crippen LogP contribution in [-0.2, 0) is 9.53 Å². The normalized spacial score (nSPS) is 23.6. The molecule has 5 nitrogen and oxygen atoms in total. The Morgan fingerprint density at radius 3 is 2.18 bits per heavy atom. The highest BCUT2D eigenvalue weighted by molar-refractivity contribution is 9.10. The number of benzene rings is 3. The molecule has 168 valence electrons. The molecule has 1 aliphatic carbocycles. The predicted molar refractivity (Wildman–Crippen MR) is 132 cm³/mol. The van der Waals surface area contributed by atoms with E-state index in [1.54, 1.807) is 24.3 Å². The summed E-state index contributed by atoms with van der Waals surface area (Å²) < 4.78 is 6.16. The fourth-order valence-corrected chi connectivity index (χ4v) is 6.32. The zero-order valence-corrected chi connectivity index (χ0v) is 19.9. The van der Waals surface area contributed by atoms with Crippen LogP contribution in [-0.4, -0.2) is 36.7 Å². The molecule has 0 aromatic heterocycles. The fraction of sp³-hybridized carbons (Fsp3) is 0.179. The van der Waals surface area contributed by atoms with Crippen LogP contribution >= 0.6 is 15.9 Å². The van der Waals surface area contributed by atoms with Crippen LogP contribution in [0.25, 0.3) is 6.08 Å². The van der Waals surface area contributed by atoms with Crippen LogP contribution in [0.3, 0.4) is 0 Å². The van der Waals surface area contributed by atoms with Crippen LogP contribution in [0, 0.1) is 5.41 Å². The Labute approximate surface area is 205 Å². The van der Waals surface area contributed by atoms with Crippen molar-refractivity contribution < 1.29 is 19.1 Å². The fourth-order valence-electron chi connectivity index (χ4n) is 6.05. The molecule has 0 N–H and O–H groups in total. The molecule has 3 aromatic carbocycles. The molecule has 2 heterocycles. The van der Waals surface area contributed by atoms with Crippen LogP contribution < -0.4 is 4.90 Å². The van der Waals surface area contributed by atoms with Crippen LogP contribution in [0.1, 0.15) is 37.8 Å². The highest BCUT2D eigenvalue weighted by atomic mass is 79.9. The number of para-hydroxylation sites is 1. The van der Waals surface area contributed by atoms with Gasteiger partial charge in [0.25, 0.3) is 0 Å². The molecular weight excluding hydrogens is 494 g/mol. The quantitative estimate of drug-likeness (QED) is 0.354. The number of hydrogen-bond donors (Lipinski definition) is 0. The van der Waals surface area contributed by atoms with Crippen molar-refractivity contribution in [1.82, 2.24) is 0 Å². The lowest BCUT2D eigenvalue weighted by atomic mass is 9.65. The summed E-state index contributed by atoms with van der Waals surface area (Å²) in [6.07, 6.45) is 3.85. The van der Waals surface area contributed by atoms with Gasteiger partial charge >= 0.3 is 5.97 Å². The SMILES string of the molecule is COC(=O)[C@H]1[C@H](c2ccc(Br)cc2)C2(C(=O)c3ccccc3C2=O)[C@H]2C=Cc3ccccc3N12. The number of ketones is 2. The Morgan fingerprint density at radius 2 is 1.53 bits per heavy atom. The van der Waals surface area contributed by atoms with Gasteiger partial charge in [0, 0.05) is 27.2 Å². The molecule has 3 atom stereocenters. The van der Waals surface area contributed by atoms with Gasteiger partial charge in [0.15, 0.2) is 11.6 Å². The predicted octanol–water partition coefficient (Wildman–Crippen LogP) is 5.06. The van der Waals surface area contributed by atoms with Gasteiger partial charge in [0.05, 0.1) is 13.2 Å². The zero-order valence-electron chi connectivity index (χ0n) is 18.3. The molecule has 0 bridgehead atoms. The number of rotatable bonds is 2. The second kappa shape index (κ2) is 7.50. The minimum atomic E-state index is -1.49. The largest absolute Gasteiger partial charge is 0.467 e. The molecule has 6 rings (SSSR count). The Kier molecular flexibility index (Phi) is 4.64. The molecule has 2 aliphatic heterocycles. The van der Waals surface area contributed by atoms with Gasteiger partial charge in [0.1, 0.15) is 11.5 Å². The lowest BCUT2D eigenvalue weighted by molar-refractivity contribution is -0.142. The van der Waals surface area contributed by atoms with E-state index in [0.29, 0.717) is 11.1 Å². The zero-order chi connectivity index (χ0) is 23.6. The maximum absolute atomic E-state index is 14.3. The smallest absolute Gasteiger partial charge is 0.329 e. The maximum atomic E-state index is 14.3. The number of halogens is 1. The van der Waals surface area contributed by atoms with Crippen molar-refractivity contribution in [2.75, 3.05) is 12.0 Å². The van der Waals surface area contributed by atoms with Crippen molar-refractivity contribution in [3.8, 4) is 0 Å². The first-order valence-corrected chi connectivity index (χ1v) is 11.9. The molecule has 34 heavy (non-hydrogen) atoms. The molecule has 1 fully saturated rings. The second-order valence-electron chi connectivity index (χ2n) is 8.84. The summed E-state index contributed by atoms with van der Waals surface area (Å²) in [6, 6.07) is 20.7. The Balaban J connectivity index is 1.69. The minimum absolute atomic E-state index is 0.244. The molecule has 3 aromatic rings. The topological polar surface area (TPSA) is 63.7 Å². The Hall–Kier alpha value is -3.51. The van der Waals surface area contributed by atoms with E-state index in [1.807, 2.05) is 65.6 Å². The third kappa shape index (κ3) is 2.57. The lowest BCUT2D eigenvalue weighted by Crippen LogP contribution is -2.48. The van der Waals surface area contributed by atoms with Gasteiger partial charge < -0.3 is 9.64 Å². The first-order chi connectivity index (χ1) is 16.5. The summed E-state index contributed by atoms with van der Waals surface area (Å²) in [7, 11) is 1.35. The van der Waals surface area contributed by atoms with Crippen molar-refractivity contribution in [3.05, 3.63) is 106 Å². The first kappa shape index (κ1) is 21.1. The summed E-state index contributed by atoms with van der Waals surface area (Å²) in [5.41, 5.74) is 1.81. The van der Waals surface area contributed by atoms with Crippen molar-refractivity contribution >= 4 is 45.2 Å². The minimum Gasteiger partial charge on any atom is -0.467 e. The Bertz CT molecular complexity index is 1360.